The van der Waals surface area contributed by atoms with E-state index in [1.54, 1.807) is 6.92 Å². The highest BCUT2D eigenvalue weighted by Crippen LogP contribution is 2.24. The van der Waals surface area contributed by atoms with E-state index in [4.69, 9.17) is 15.4 Å². The monoisotopic (exact) mass is 336 g/mol. The molecule has 0 radical (unpaired) electrons. The smallest absolute Gasteiger partial charge is 0.341 e. The molecule has 0 N–H and O–H groups in total. The van der Waals surface area contributed by atoms with Gasteiger partial charge in [0.1, 0.15) is 5.82 Å². The molecule has 0 aliphatic carbocycles. The van der Waals surface area contributed by atoms with E-state index < -0.39 is 32.5 Å². The third-order valence-corrected chi connectivity index (χ3v) is 4.32. The standard InChI is InChI=1S/C14H18ClFO4S/c1-8(2)5-10(4)20-14(17)11-7-13(21(15,18)19)9(3)6-12(11)16/h6-8,10H,5H2,1-4H3. The molecule has 0 aliphatic heterocycles. The van der Waals surface area contributed by atoms with Gasteiger partial charge in [-0.05, 0) is 43.9 Å². The minimum atomic E-state index is -4.06. The summed E-state index contributed by atoms with van der Waals surface area (Å²) in [6.45, 7) is 7.03. The largest absolute Gasteiger partial charge is 0.459 e. The number of hydrogen-bond acceptors (Lipinski definition) is 4. The first-order chi connectivity index (χ1) is 9.52. The summed E-state index contributed by atoms with van der Waals surface area (Å²) in [6, 6.07) is 1.87. The van der Waals surface area contributed by atoms with Gasteiger partial charge < -0.3 is 4.74 Å². The van der Waals surface area contributed by atoms with Crippen LogP contribution >= 0.6 is 10.7 Å². The molecule has 0 fully saturated rings. The van der Waals surface area contributed by atoms with E-state index in [0.717, 1.165) is 12.1 Å². The van der Waals surface area contributed by atoms with Crippen molar-refractivity contribution < 1.29 is 22.3 Å². The molecule has 1 unspecified atom stereocenters. The van der Waals surface area contributed by atoms with Crippen molar-refractivity contribution >= 4 is 25.7 Å². The first-order valence-electron chi connectivity index (χ1n) is 6.48. The number of hydrogen-bond donors (Lipinski definition) is 0. The van der Waals surface area contributed by atoms with Gasteiger partial charge in [0.2, 0.25) is 0 Å². The highest BCUT2D eigenvalue weighted by molar-refractivity contribution is 8.13. The van der Waals surface area contributed by atoms with Crippen LogP contribution in [0, 0.1) is 18.7 Å². The molecule has 118 valence electrons. The molecule has 1 atom stereocenters. The second kappa shape index (κ2) is 6.75. The molecule has 1 aromatic rings. The lowest BCUT2D eigenvalue weighted by atomic mass is 10.1. The van der Waals surface area contributed by atoms with E-state index in [9.17, 15) is 17.6 Å². The summed E-state index contributed by atoms with van der Waals surface area (Å²) in [6.07, 6.45) is 0.231. The Morgan fingerprint density at radius 2 is 1.90 bits per heavy atom. The fourth-order valence-corrected chi connectivity index (χ4v) is 3.23. The summed E-state index contributed by atoms with van der Waals surface area (Å²) in [5.41, 5.74) is -0.301. The molecule has 0 saturated carbocycles. The van der Waals surface area contributed by atoms with Crippen molar-refractivity contribution in [2.24, 2.45) is 5.92 Å². The Morgan fingerprint density at radius 1 is 1.33 bits per heavy atom. The molecule has 21 heavy (non-hydrogen) atoms. The van der Waals surface area contributed by atoms with Crippen LogP contribution in [0.15, 0.2) is 17.0 Å². The van der Waals surface area contributed by atoms with Gasteiger partial charge in [0.05, 0.1) is 16.6 Å². The van der Waals surface area contributed by atoms with Crippen molar-refractivity contribution in [2.45, 2.75) is 45.1 Å². The van der Waals surface area contributed by atoms with Crippen LogP contribution in [0.3, 0.4) is 0 Å². The fraction of sp³-hybridized carbons (Fsp3) is 0.500. The van der Waals surface area contributed by atoms with Crippen LogP contribution in [0.4, 0.5) is 4.39 Å². The van der Waals surface area contributed by atoms with Crippen molar-refractivity contribution in [3.8, 4) is 0 Å². The lowest BCUT2D eigenvalue weighted by molar-refractivity contribution is 0.0294. The topological polar surface area (TPSA) is 60.4 Å². The summed E-state index contributed by atoms with van der Waals surface area (Å²) in [5.74, 6) is -1.42. The SMILES string of the molecule is Cc1cc(F)c(C(=O)OC(C)CC(C)C)cc1S(=O)(=O)Cl. The fourth-order valence-electron chi connectivity index (χ4n) is 2.03. The Labute approximate surface area is 128 Å². The third kappa shape index (κ3) is 4.97. The van der Waals surface area contributed by atoms with E-state index in [1.165, 1.54) is 6.92 Å². The first-order valence-corrected chi connectivity index (χ1v) is 8.79. The molecule has 1 aromatic carbocycles. The molecule has 7 heteroatoms. The van der Waals surface area contributed by atoms with Gasteiger partial charge in [-0.15, -0.1) is 0 Å². The number of carbonyl (C=O) groups is 1. The highest BCUT2D eigenvalue weighted by atomic mass is 35.7. The lowest BCUT2D eigenvalue weighted by Crippen LogP contribution is -2.18. The van der Waals surface area contributed by atoms with E-state index in [2.05, 4.69) is 0 Å². The maximum atomic E-state index is 13.8. The average Bonchev–Trinajstić information content (AvgIpc) is 2.24. The molecule has 0 amide bonds. The molecule has 0 aliphatic rings. The Kier molecular flexibility index (Phi) is 5.75. The van der Waals surface area contributed by atoms with Gasteiger partial charge in [-0.3, -0.25) is 0 Å². The molecule has 4 nitrogen and oxygen atoms in total. The predicted molar refractivity (Wildman–Crippen MR) is 78.5 cm³/mol. The molecule has 0 saturated heterocycles. The van der Waals surface area contributed by atoms with Crippen molar-refractivity contribution in [1.29, 1.82) is 0 Å². The van der Waals surface area contributed by atoms with Gasteiger partial charge in [0.25, 0.3) is 9.05 Å². The van der Waals surface area contributed by atoms with Gasteiger partial charge in [0, 0.05) is 10.7 Å². The number of halogens is 2. The highest BCUT2D eigenvalue weighted by Gasteiger charge is 2.22. The van der Waals surface area contributed by atoms with Crippen LogP contribution in [0.5, 0.6) is 0 Å². The van der Waals surface area contributed by atoms with Gasteiger partial charge in [-0.2, -0.15) is 0 Å². The van der Waals surface area contributed by atoms with E-state index in [-0.39, 0.29) is 10.5 Å². The van der Waals surface area contributed by atoms with E-state index >= 15 is 0 Å². The number of ether oxygens (including phenoxy) is 1. The van der Waals surface area contributed by atoms with Crippen molar-refractivity contribution in [3.05, 3.63) is 29.1 Å². The summed E-state index contributed by atoms with van der Waals surface area (Å²) < 4.78 is 41.8. The zero-order valence-electron chi connectivity index (χ0n) is 12.3. The van der Waals surface area contributed by atoms with Gasteiger partial charge in [0.15, 0.2) is 0 Å². The number of benzene rings is 1. The van der Waals surface area contributed by atoms with E-state index in [0.29, 0.717) is 12.3 Å². The molecule has 0 heterocycles. The molecular weight excluding hydrogens is 319 g/mol. The second-order valence-electron chi connectivity index (χ2n) is 5.38. The molecule has 0 spiro atoms. The number of carbonyl (C=O) groups excluding carboxylic acids is 1. The second-order valence-corrected chi connectivity index (χ2v) is 7.92. The van der Waals surface area contributed by atoms with Crippen LogP contribution < -0.4 is 0 Å². The summed E-state index contributed by atoms with van der Waals surface area (Å²) in [5, 5.41) is 0. The van der Waals surface area contributed by atoms with Crippen molar-refractivity contribution in [2.75, 3.05) is 0 Å². The zero-order chi connectivity index (χ0) is 16.4. The molecule has 0 aromatic heterocycles. The summed E-state index contributed by atoms with van der Waals surface area (Å²) in [7, 11) is 1.21. The van der Waals surface area contributed by atoms with Crippen LogP contribution in [-0.2, 0) is 13.8 Å². The Hall–Kier alpha value is -1.14. The van der Waals surface area contributed by atoms with Crippen molar-refractivity contribution in [3.63, 3.8) is 0 Å². The quantitative estimate of drug-likeness (QED) is 0.608. The molecular formula is C14H18ClFO4S. The number of rotatable bonds is 5. The minimum absolute atomic E-state index is 0.134. The maximum absolute atomic E-state index is 13.8. The number of aryl methyl sites for hydroxylation is 1. The van der Waals surface area contributed by atoms with Gasteiger partial charge in [-0.25, -0.2) is 17.6 Å². The molecule has 0 bridgehead atoms. The van der Waals surface area contributed by atoms with Gasteiger partial charge in [-0.1, -0.05) is 13.8 Å². The predicted octanol–water partition coefficient (Wildman–Crippen LogP) is 3.65. The minimum Gasteiger partial charge on any atom is -0.459 e. The lowest BCUT2D eigenvalue weighted by Gasteiger charge is -2.16. The van der Waals surface area contributed by atoms with Crippen LogP contribution in [-0.4, -0.2) is 20.5 Å². The molecule has 1 rings (SSSR count). The van der Waals surface area contributed by atoms with Crippen molar-refractivity contribution in [1.82, 2.24) is 0 Å². The van der Waals surface area contributed by atoms with Crippen LogP contribution in [0.1, 0.15) is 43.1 Å². The van der Waals surface area contributed by atoms with E-state index in [1.807, 2.05) is 13.8 Å². The first kappa shape index (κ1) is 17.9. The number of esters is 1. The average molecular weight is 337 g/mol. The maximum Gasteiger partial charge on any atom is 0.341 e. The zero-order valence-corrected chi connectivity index (χ0v) is 13.9. The summed E-state index contributed by atoms with van der Waals surface area (Å²) in [4.78, 5) is 11.7. The van der Waals surface area contributed by atoms with Crippen LogP contribution in [0.25, 0.3) is 0 Å². The Morgan fingerprint density at radius 3 is 2.38 bits per heavy atom. The normalized spacial score (nSPS) is 13.3. The van der Waals surface area contributed by atoms with Gasteiger partial charge >= 0.3 is 5.97 Å². The van der Waals surface area contributed by atoms with Crippen LogP contribution in [0.2, 0.25) is 0 Å². The Bertz CT molecular complexity index is 641. The summed E-state index contributed by atoms with van der Waals surface area (Å²) >= 11 is 0. The Balaban J connectivity index is 3.10. The third-order valence-electron chi connectivity index (χ3n) is 2.86.